The summed E-state index contributed by atoms with van der Waals surface area (Å²) >= 11 is 0. The average Bonchev–Trinajstić information content (AvgIpc) is 2.24. The van der Waals surface area contributed by atoms with E-state index in [1.807, 2.05) is 0 Å². The molecule has 1 aliphatic carbocycles. The van der Waals surface area contributed by atoms with E-state index in [1.54, 1.807) is 0 Å². The summed E-state index contributed by atoms with van der Waals surface area (Å²) in [6.07, 6.45) is 2.70. The van der Waals surface area contributed by atoms with Crippen molar-refractivity contribution in [2.24, 2.45) is 5.73 Å². The molecule has 0 radical (unpaired) electrons. The van der Waals surface area contributed by atoms with Crippen LogP contribution in [0.5, 0.6) is 0 Å². The lowest BCUT2D eigenvalue weighted by atomic mass is 9.78. The van der Waals surface area contributed by atoms with Gasteiger partial charge in [0.1, 0.15) is 0 Å². The zero-order chi connectivity index (χ0) is 10.7. The third-order valence-electron chi connectivity index (χ3n) is 3.07. The van der Waals surface area contributed by atoms with Gasteiger partial charge in [0, 0.05) is 12.1 Å². The highest BCUT2D eigenvalue weighted by molar-refractivity contribution is 5.85. The summed E-state index contributed by atoms with van der Waals surface area (Å²) in [5.74, 6) is -0.105. The first-order chi connectivity index (χ1) is 7.20. The van der Waals surface area contributed by atoms with Crippen LogP contribution >= 0.6 is 12.4 Å². The van der Waals surface area contributed by atoms with Crippen LogP contribution in [-0.4, -0.2) is 43.9 Å². The minimum absolute atomic E-state index is 0. The molecule has 2 rings (SSSR count). The highest BCUT2D eigenvalue weighted by atomic mass is 35.5. The largest absolute Gasteiger partial charge is 0.376 e. The second-order valence-electron chi connectivity index (χ2n) is 4.37. The Balaban J connectivity index is 0.00000128. The van der Waals surface area contributed by atoms with Crippen LogP contribution in [0.2, 0.25) is 0 Å². The average molecular weight is 251 g/mol. The van der Waals surface area contributed by atoms with Gasteiger partial charge >= 0.3 is 0 Å². The van der Waals surface area contributed by atoms with Gasteiger partial charge in [-0.3, -0.25) is 4.79 Å². The van der Waals surface area contributed by atoms with E-state index < -0.39 is 6.10 Å². The monoisotopic (exact) mass is 250 g/mol. The molecule has 2 fully saturated rings. The standard InChI is InChI=1S/C10H18N2O3.ClH/c11-10(2-1-3-10)7-12-9(13)8-6-14-4-5-15-8;/h8H,1-7,11H2,(H,12,13);1H. The maximum absolute atomic E-state index is 11.6. The van der Waals surface area contributed by atoms with Crippen molar-refractivity contribution in [1.29, 1.82) is 0 Å². The summed E-state index contributed by atoms with van der Waals surface area (Å²) in [4.78, 5) is 11.6. The molecular formula is C10H19ClN2O3. The Kier molecular flexibility index (Phi) is 4.98. The van der Waals surface area contributed by atoms with Crippen molar-refractivity contribution in [3.05, 3.63) is 0 Å². The quantitative estimate of drug-likeness (QED) is 0.729. The number of hydrogen-bond acceptors (Lipinski definition) is 4. The first kappa shape index (κ1) is 13.7. The molecule has 5 nitrogen and oxygen atoms in total. The Morgan fingerprint density at radius 2 is 2.19 bits per heavy atom. The zero-order valence-corrected chi connectivity index (χ0v) is 10.1. The van der Waals surface area contributed by atoms with E-state index in [4.69, 9.17) is 15.2 Å². The minimum atomic E-state index is -0.456. The van der Waals surface area contributed by atoms with Crippen LogP contribution in [0, 0.1) is 0 Å². The van der Waals surface area contributed by atoms with Gasteiger partial charge in [0.15, 0.2) is 6.10 Å². The smallest absolute Gasteiger partial charge is 0.251 e. The summed E-state index contributed by atoms with van der Waals surface area (Å²) in [5, 5.41) is 2.83. The molecule has 3 N–H and O–H groups in total. The number of nitrogens with two attached hydrogens (primary N) is 1. The zero-order valence-electron chi connectivity index (χ0n) is 9.24. The molecule has 6 heteroatoms. The van der Waals surface area contributed by atoms with E-state index in [1.165, 1.54) is 0 Å². The number of hydrogen-bond donors (Lipinski definition) is 2. The number of halogens is 1. The first-order valence-electron chi connectivity index (χ1n) is 5.46. The number of rotatable bonds is 3. The van der Waals surface area contributed by atoms with Crippen molar-refractivity contribution in [2.75, 3.05) is 26.4 Å². The third kappa shape index (κ3) is 3.31. The van der Waals surface area contributed by atoms with E-state index in [0.717, 1.165) is 19.3 Å². The molecule has 1 amide bonds. The van der Waals surface area contributed by atoms with Crippen molar-refractivity contribution >= 4 is 18.3 Å². The number of ether oxygens (including phenoxy) is 2. The van der Waals surface area contributed by atoms with E-state index in [0.29, 0.717) is 26.4 Å². The van der Waals surface area contributed by atoms with E-state index in [-0.39, 0.29) is 23.9 Å². The fourth-order valence-electron chi connectivity index (χ4n) is 1.82. The molecule has 1 saturated carbocycles. The summed E-state index contributed by atoms with van der Waals surface area (Å²) in [7, 11) is 0. The fourth-order valence-corrected chi connectivity index (χ4v) is 1.82. The molecule has 0 aromatic carbocycles. The predicted octanol–water partition coefficient (Wildman–Crippen LogP) is -0.179. The van der Waals surface area contributed by atoms with Crippen LogP contribution in [0.25, 0.3) is 0 Å². The SMILES string of the molecule is Cl.NC1(CNC(=O)C2COCCO2)CCC1. The van der Waals surface area contributed by atoms with Crippen LogP contribution in [0.15, 0.2) is 0 Å². The summed E-state index contributed by atoms with van der Waals surface area (Å²) in [6, 6.07) is 0. The van der Waals surface area contributed by atoms with E-state index >= 15 is 0 Å². The second-order valence-corrected chi connectivity index (χ2v) is 4.37. The van der Waals surface area contributed by atoms with Crippen molar-refractivity contribution in [1.82, 2.24) is 5.32 Å². The normalized spacial score (nSPS) is 27.4. The topological polar surface area (TPSA) is 73.6 Å². The van der Waals surface area contributed by atoms with Crippen molar-refractivity contribution in [2.45, 2.75) is 30.9 Å². The molecule has 0 aromatic heterocycles. The van der Waals surface area contributed by atoms with Gasteiger partial charge in [-0.2, -0.15) is 0 Å². The molecule has 0 bridgehead atoms. The van der Waals surface area contributed by atoms with Gasteiger partial charge in [-0.05, 0) is 19.3 Å². The van der Waals surface area contributed by atoms with Crippen molar-refractivity contribution < 1.29 is 14.3 Å². The minimum Gasteiger partial charge on any atom is -0.376 e. The van der Waals surface area contributed by atoms with E-state index in [2.05, 4.69) is 5.32 Å². The third-order valence-corrected chi connectivity index (χ3v) is 3.07. The van der Waals surface area contributed by atoms with Crippen molar-refractivity contribution in [3.8, 4) is 0 Å². The number of nitrogens with one attached hydrogen (secondary N) is 1. The first-order valence-corrected chi connectivity index (χ1v) is 5.46. The van der Waals surface area contributed by atoms with Crippen LogP contribution in [-0.2, 0) is 14.3 Å². The highest BCUT2D eigenvalue weighted by Gasteiger charge is 2.33. The Hall–Kier alpha value is -0.360. The molecule has 0 spiro atoms. The predicted molar refractivity (Wildman–Crippen MR) is 61.6 cm³/mol. The van der Waals surface area contributed by atoms with Gasteiger partial charge in [-0.1, -0.05) is 0 Å². The summed E-state index contributed by atoms with van der Waals surface area (Å²) in [5.41, 5.74) is 5.82. The second kappa shape index (κ2) is 5.82. The molecule has 1 atom stereocenters. The lowest BCUT2D eigenvalue weighted by Crippen LogP contribution is -2.56. The van der Waals surface area contributed by atoms with Gasteiger partial charge in [-0.15, -0.1) is 12.4 Å². The van der Waals surface area contributed by atoms with Crippen LogP contribution in [0.4, 0.5) is 0 Å². The Labute approximate surface area is 101 Å². The van der Waals surface area contributed by atoms with Crippen LogP contribution in [0.1, 0.15) is 19.3 Å². The molecule has 16 heavy (non-hydrogen) atoms. The molecule has 1 unspecified atom stereocenters. The highest BCUT2D eigenvalue weighted by Crippen LogP contribution is 2.28. The van der Waals surface area contributed by atoms with Gasteiger partial charge in [0.25, 0.3) is 5.91 Å². The molecule has 1 heterocycles. The lowest BCUT2D eigenvalue weighted by Gasteiger charge is -2.38. The Morgan fingerprint density at radius 1 is 1.44 bits per heavy atom. The maximum Gasteiger partial charge on any atom is 0.251 e. The van der Waals surface area contributed by atoms with Gasteiger partial charge in [0.2, 0.25) is 0 Å². The summed E-state index contributed by atoms with van der Waals surface area (Å²) < 4.78 is 10.4. The molecule has 0 aromatic rings. The van der Waals surface area contributed by atoms with Crippen LogP contribution < -0.4 is 11.1 Å². The molecule has 1 saturated heterocycles. The number of carbonyl (C=O) groups is 1. The molecular weight excluding hydrogens is 232 g/mol. The molecule has 94 valence electrons. The van der Waals surface area contributed by atoms with Crippen LogP contribution in [0.3, 0.4) is 0 Å². The van der Waals surface area contributed by atoms with Gasteiger partial charge < -0.3 is 20.5 Å². The maximum atomic E-state index is 11.6. The molecule has 2 aliphatic rings. The summed E-state index contributed by atoms with van der Waals surface area (Å²) in [6.45, 7) is 1.96. The Bertz CT molecular complexity index is 240. The van der Waals surface area contributed by atoms with Gasteiger partial charge in [0.05, 0.1) is 19.8 Å². The number of amides is 1. The van der Waals surface area contributed by atoms with E-state index in [9.17, 15) is 4.79 Å². The Morgan fingerprint density at radius 3 is 2.69 bits per heavy atom. The fraction of sp³-hybridized carbons (Fsp3) is 0.900. The van der Waals surface area contributed by atoms with Crippen molar-refractivity contribution in [3.63, 3.8) is 0 Å². The number of carbonyl (C=O) groups excluding carboxylic acids is 1. The molecule has 1 aliphatic heterocycles. The van der Waals surface area contributed by atoms with Gasteiger partial charge in [-0.25, -0.2) is 0 Å². The lowest BCUT2D eigenvalue weighted by molar-refractivity contribution is -0.147.